The van der Waals surface area contributed by atoms with Crippen LogP contribution in [0.1, 0.15) is 12.5 Å². The zero-order valence-corrected chi connectivity index (χ0v) is 15.8. The van der Waals surface area contributed by atoms with Crippen LogP contribution in [-0.2, 0) is 16.1 Å². The van der Waals surface area contributed by atoms with Crippen LogP contribution in [0.15, 0.2) is 53.4 Å². The molecule has 26 heavy (non-hydrogen) atoms. The lowest BCUT2D eigenvalue weighted by Gasteiger charge is -2.30. The van der Waals surface area contributed by atoms with Crippen molar-refractivity contribution in [3.05, 3.63) is 54.1 Å². The molecule has 5 nitrogen and oxygen atoms in total. The summed E-state index contributed by atoms with van der Waals surface area (Å²) in [6, 6.07) is 15.4. The number of amides is 2. The minimum atomic E-state index is -0.105. The van der Waals surface area contributed by atoms with Gasteiger partial charge in [0.25, 0.3) is 0 Å². The molecule has 0 N–H and O–H groups in total. The number of thioether (sulfide) groups is 1. The topological polar surface area (TPSA) is 49.9 Å². The fourth-order valence-corrected chi connectivity index (χ4v) is 3.79. The van der Waals surface area contributed by atoms with Crippen LogP contribution >= 0.6 is 11.8 Å². The Balaban J connectivity index is 1.71. The molecule has 0 aromatic heterocycles. The van der Waals surface area contributed by atoms with E-state index in [2.05, 4.69) is 0 Å². The van der Waals surface area contributed by atoms with Crippen molar-refractivity contribution in [1.82, 2.24) is 4.90 Å². The second-order valence-electron chi connectivity index (χ2n) is 6.03. The monoisotopic (exact) mass is 370 g/mol. The van der Waals surface area contributed by atoms with Crippen LogP contribution in [0.4, 0.5) is 5.69 Å². The number of anilines is 1. The Bertz CT molecular complexity index is 809. The third-order valence-electron chi connectivity index (χ3n) is 4.21. The van der Waals surface area contributed by atoms with Gasteiger partial charge in [-0.1, -0.05) is 30.3 Å². The number of hydrogen-bond acceptors (Lipinski definition) is 4. The van der Waals surface area contributed by atoms with Gasteiger partial charge in [0.2, 0.25) is 11.8 Å². The van der Waals surface area contributed by atoms with Gasteiger partial charge in [0.15, 0.2) is 0 Å². The van der Waals surface area contributed by atoms with Gasteiger partial charge in [-0.05, 0) is 25.1 Å². The number of rotatable bonds is 6. The lowest BCUT2D eigenvalue weighted by atomic mass is 10.2. The van der Waals surface area contributed by atoms with Crippen LogP contribution < -0.4 is 9.64 Å². The second kappa shape index (κ2) is 8.27. The Morgan fingerprint density at radius 1 is 1.19 bits per heavy atom. The molecule has 2 aromatic carbocycles. The first-order chi connectivity index (χ1) is 12.6. The summed E-state index contributed by atoms with van der Waals surface area (Å²) < 4.78 is 5.63. The van der Waals surface area contributed by atoms with E-state index in [1.165, 1.54) is 11.8 Å². The molecule has 0 spiro atoms. The number of carbonyl (C=O) groups excluding carboxylic acids is 2. The zero-order valence-electron chi connectivity index (χ0n) is 15.0. The van der Waals surface area contributed by atoms with Crippen molar-refractivity contribution in [2.45, 2.75) is 18.4 Å². The number of carbonyl (C=O) groups is 2. The number of fused-ring (bicyclic) bond motifs is 1. The third-order valence-corrected chi connectivity index (χ3v) is 5.25. The minimum absolute atomic E-state index is 0.0369. The Labute approximate surface area is 157 Å². The van der Waals surface area contributed by atoms with Crippen LogP contribution in [0.25, 0.3) is 0 Å². The van der Waals surface area contributed by atoms with E-state index < -0.39 is 0 Å². The maximum Gasteiger partial charge on any atom is 0.242 e. The van der Waals surface area contributed by atoms with Crippen molar-refractivity contribution in [1.29, 1.82) is 0 Å². The van der Waals surface area contributed by atoms with Gasteiger partial charge < -0.3 is 14.5 Å². The number of benzene rings is 2. The van der Waals surface area contributed by atoms with Crippen LogP contribution in [-0.4, -0.2) is 42.7 Å². The molecular formula is C20H22N2O3S. The predicted octanol–water partition coefficient (Wildman–Crippen LogP) is 3.18. The maximum atomic E-state index is 12.7. The van der Waals surface area contributed by atoms with Gasteiger partial charge in [0, 0.05) is 24.1 Å². The van der Waals surface area contributed by atoms with Crippen LogP contribution in [0.3, 0.4) is 0 Å². The number of para-hydroxylation sites is 2. The molecule has 0 unspecified atom stereocenters. The summed E-state index contributed by atoms with van der Waals surface area (Å²) in [6.45, 7) is 2.99. The molecule has 1 aliphatic heterocycles. The zero-order chi connectivity index (χ0) is 18.5. The smallest absolute Gasteiger partial charge is 0.242 e. The minimum Gasteiger partial charge on any atom is -0.494 e. The lowest BCUT2D eigenvalue weighted by Crippen LogP contribution is -2.43. The number of nitrogens with zero attached hydrogens (tertiary/aromatic N) is 2. The highest BCUT2D eigenvalue weighted by Crippen LogP contribution is 2.34. The molecule has 3 rings (SSSR count). The van der Waals surface area contributed by atoms with Crippen molar-refractivity contribution in [3.63, 3.8) is 0 Å². The van der Waals surface area contributed by atoms with Crippen molar-refractivity contribution in [2.24, 2.45) is 0 Å². The van der Waals surface area contributed by atoms with Gasteiger partial charge in [0.1, 0.15) is 12.3 Å². The molecule has 0 bridgehead atoms. The number of ether oxygens (including phenoxy) is 1. The molecule has 0 radical (unpaired) electrons. The van der Waals surface area contributed by atoms with Crippen molar-refractivity contribution >= 4 is 29.3 Å². The largest absolute Gasteiger partial charge is 0.494 e. The molecule has 0 saturated carbocycles. The first kappa shape index (κ1) is 18.3. The summed E-state index contributed by atoms with van der Waals surface area (Å²) >= 11 is 1.51. The molecule has 0 fully saturated rings. The van der Waals surface area contributed by atoms with E-state index in [4.69, 9.17) is 4.74 Å². The highest BCUT2D eigenvalue weighted by Gasteiger charge is 2.27. The SMILES string of the molecule is CCOc1ccccc1CN(C)C(=O)CN1C(=O)CSc2ccccc21. The summed E-state index contributed by atoms with van der Waals surface area (Å²) in [5.74, 6) is 1.00. The number of likely N-dealkylation sites (N-methyl/N-ethyl adjacent to an activating group) is 1. The quantitative estimate of drug-likeness (QED) is 0.784. The van der Waals surface area contributed by atoms with E-state index in [-0.39, 0.29) is 18.4 Å². The first-order valence-electron chi connectivity index (χ1n) is 8.57. The molecule has 136 valence electrons. The number of hydrogen-bond donors (Lipinski definition) is 0. The van der Waals surface area contributed by atoms with E-state index in [0.29, 0.717) is 18.9 Å². The summed E-state index contributed by atoms with van der Waals surface area (Å²) in [5, 5.41) is 0. The van der Waals surface area contributed by atoms with Crippen molar-refractivity contribution in [2.75, 3.05) is 30.9 Å². The Morgan fingerprint density at radius 3 is 2.73 bits per heavy atom. The fourth-order valence-electron chi connectivity index (χ4n) is 2.86. The second-order valence-corrected chi connectivity index (χ2v) is 7.04. The van der Waals surface area contributed by atoms with E-state index >= 15 is 0 Å². The molecule has 0 atom stereocenters. The summed E-state index contributed by atoms with van der Waals surface area (Å²) in [6.07, 6.45) is 0. The Kier molecular flexibility index (Phi) is 5.83. The molecule has 0 saturated heterocycles. The van der Waals surface area contributed by atoms with E-state index in [9.17, 15) is 9.59 Å². The van der Waals surface area contributed by atoms with Crippen LogP contribution in [0.5, 0.6) is 5.75 Å². The van der Waals surface area contributed by atoms with Crippen molar-refractivity contribution in [3.8, 4) is 5.75 Å². The fraction of sp³-hybridized carbons (Fsp3) is 0.300. The molecule has 2 amide bonds. The van der Waals surface area contributed by atoms with Crippen LogP contribution in [0, 0.1) is 0 Å². The summed E-state index contributed by atoms with van der Waals surface area (Å²) in [4.78, 5) is 29.3. The molecule has 0 aliphatic carbocycles. The molecule has 2 aromatic rings. The normalized spacial score (nSPS) is 13.3. The molecule has 6 heteroatoms. The summed E-state index contributed by atoms with van der Waals surface area (Å²) in [7, 11) is 1.75. The van der Waals surface area contributed by atoms with Gasteiger partial charge in [-0.25, -0.2) is 0 Å². The Morgan fingerprint density at radius 2 is 1.92 bits per heavy atom. The molecule has 1 heterocycles. The maximum absolute atomic E-state index is 12.7. The standard InChI is InChI=1S/C20H22N2O3S/c1-3-25-17-10-6-4-8-15(17)12-21(2)19(23)13-22-16-9-5-7-11-18(16)26-14-20(22)24/h4-11H,3,12-14H2,1-2H3. The summed E-state index contributed by atoms with van der Waals surface area (Å²) in [5.41, 5.74) is 1.76. The van der Waals surface area contributed by atoms with E-state index in [1.54, 1.807) is 16.8 Å². The average molecular weight is 370 g/mol. The highest BCUT2D eigenvalue weighted by molar-refractivity contribution is 8.00. The third kappa shape index (κ3) is 4.02. The molecule has 1 aliphatic rings. The van der Waals surface area contributed by atoms with Crippen molar-refractivity contribution < 1.29 is 14.3 Å². The van der Waals surface area contributed by atoms with Gasteiger partial charge in [-0.2, -0.15) is 0 Å². The Hall–Kier alpha value is -2.47. The van der Waals surface area contributed by atoms with E-state index in [0.717, 1.165) is 21.9 Å². The van der Waals surface area contributed by atoms with Gasteiger partial charge in [0.05, 0.1) is 18.0 Å². The van der Waals surface area contributed by atoms with E-state index in [1.807, 2.05) is 55.5 Å². The average Bonchev–Trinajstić information content (AvgIpc) is 2.65. The lowest BCUT2D eigenvalue weighted by molar-refractivity contribution is -0.130. The van der Waals surface area contributed by atoms with Gasteiger partial charge in [-0.3, -0.25) is 9.59 Å². The van der Waals surface area contributed by atoms with Crippen LogP contribution in [0.2, 0.25) is 0 Å². The predicted molar refractivity (Wildman–Crippen MR) is 104 cm³/mol. The highest BCUT2D eigenvalue weighted by atomic mass is 32.2. The first-order valence-corrected chi connectivity index (χ1v) is 9.55. The van der Waals surface area contributed by atoms with Gasteiger partial charge in [-0.15, -0.1) is 11.8 Å². The molecular weight excluding hydrogens is 348 g/mol. The van der Waals surface area contributed by atoms with Gasteiger partial charge >= 0.3 is 0 Å².